The number of halogens is 3. The van der Waals surface area contributed by atoms with Crippen molar-refractivity contribution in [2.24, 2.45) is 0 Å². The quantitative estimate of drug-likeness (QED) is 0.799. The van der Waals surface area contributed by atoms with Gasteiger partial charge in [-0.3, -0.25) is 4.79 Å². The highest BCUT2D eigenvalue weighted by molar-refractivity contribution is 7.22. The van der Waals surface area contributed by atoms with E-state index in [9.17, 15) is 18.0 Å². The van der Waals surface area contributed by atoms with Crippen LogP contribution in [0.2, 0.25) is 0 Å². The molecule has 1 aliphatic heterocycles. The number of fused-ring (bicyclic) bond motifs is 1. The molecular formula is C13H11F3N2O2S. The van der Waals surface area contributed by atoms with Crippen LogP contribution in [0.5, 0.6) is 0 Å². The van der Waals surface area contributed by atoms with Crippen molar-refractivity contribution in [3.63, 3.8) is 0 Å². The smallest absolute Gasteiger partial charge is 0.418 e. The Bertz CT molecular complexity index is 692. The van der Waals surface area contributed by atoms with Crippen LogP contribution in [0.25, 0.3) is 10.2 Å². The highest BCUT2D eigenvalue weighted by Gasteiger charge is 2.35. The first kappa shape index (κ1) is 14.1. The Morgan fingerprint density at radius 3 is 2.76 bits per heavy atom. The molecule has 112 valence electrons. The van der Waals surface area contributed by atoms with Gasteiger partial charge in [0, 0.05) is 6.92 Å². The molecule has 0 radical (unpaired) electrons. The molecule has 2 heterocycles. The maximum absolute atomic E-state index is 12.9. The molecule has 0 amide bonds. The molecule has 8 heteroatoms. The average Bonchev–Trinajstić information content (AvgIpc) is 2.74. The van der Waals surface area contributed by atoms with Crippen molar-refractivity contribution < 1.29 is 22.7 Å². The van der Waals surface area contributed by atoms with Crippen LogP contribution < -0.4 is 4.90 Å². The first-order valence-corrected chi connectivity index (χ1v) is 7.05. The fourth-order valence-electron chi connectivity index (χ4n) is 2.20. The number of nitrogens with zero attached hydrogens (tertiary/aromatic N) is 2. The molecule has 0 N–H and O–H groups in total. The molecule has 1 aromatic carbocycles. The fourth-order valence-corrected chi connectivity index (χ4v) is 3.22. The molecule has 1 aromatic heterocycles. The number of thiazole rings is 1. The minimum Gasteiger partial charge on any atom is -0.459 e. The van der Waals surface area contributed by atoms with Gasteiger partial charge in [-0.05, 0) is 12.1 Å². The van der Waals surface area contributed by atoms with Crippen LogP contribution in [0.4, 0.5) is 18.3 Å². The van der Waals surface area contributed by atoms with Gasteiger partial charge in [0.1, 0.15) is 6.10 Å². The van der Waals surface area contributed by atoms with E-state index in [4.69, 9.17) is 4.74 Å². The number of hydrogen-bond acceptors (Lipinski definition) is 5. The number of esters is 1. The third-order valence-corrected chi connectivity index (χ3v) is 4.25. The van der Waals surface area contributed by atoms with Crippen molar-refractivity contribution in [2.45, 2.75) is 19.2 Å². The number of ether oxygens (including phenoxy) is 1. The van der Waals surface area contributed by atoms with E-state index in [-0.39, 0.29) is 17.6 Å². The normalized spacial score (nSPS) is 16.1. The van der Waals surface area contributed by atoms with Gasteiger partial charge >= 0.3 is 12.1 Å². The molecular weight excluding hydrogens is 305 g/mol. The summed E-state index contributed by atoms with van der Waals surface area (Å²) in [7, 11) is 0. The largest absolute Gasteiger partial charge is 0.459 e. The number of carbonyl (C=O) groups is 1. The summed E-state index contributed by atoms with van der Waals surface area (Å²) in [4.78, 5) is 16.7. The summed E-state index contributed by atoms with van der Waals surface area (Å²) < 4.78 is 44.3. The molecule has 0 atom stereocenters. The Hall–Kier alpha value is -1.83. The molecule has 0 saturated carbocycles. The highest BCUT2D eigenvalue weighted by Crippen LogP contribution is 2.39. The van der Waals surface area contributed by atoms with Gasteiger partial charge in [-0.25, -0.2) is 4.98 Å². The summed E-state index contributed by atoms with van der Waals surface area (Å²) in [5.74, 6) is -0.358. The van der Waals surface area contributed by atoms with Crippen LogP contribution in [0.1, 0.15) is 12.5 Å². The van der Waals surface area contributed by atoms with Gasteiger partial charge in [0.15, 0.2) is 5.13 Å². The maximum atomic E-state index is 12.9. The summed E-state index contributed by atoms with van der Waals surface area (Å²) in [6.07, 6.45) is -4.63. The third kappa shape index (κ3) is 2.67. The van der Waals surface area contributed by atoms with Gasteiger partial charge in [-0.2, -0.15) is 13.2 Å². The standard InChI is InChI=1S/C13H11F3N2O2S/c1-7(19)20-8-5-18(6-8)12-17-11-9(13(14,15)16)3-2-4-10(11)21-12/h2-4,8H,5-6H2,1H3. The van der Waals surface area contributed by atoms with E-state index in [1.807, 2.05) is 0 Å². The van der Waals surface area contributed by atoms with Gasteiger partial charge in [0.25, 0.3) is 0 Å². The van der Waals surface area contributed by atoms with Crippen LogP contribution in [0.3, 0.4) is 0 Å². The van der Waals surface area contributed by atoms with Crippen LogP contribution in [-0.4, -0.2) is 30.1 Å². The van der Waals surface area contributed by atoms with Crippen molar-refractivity contribution >= 4 is 32.7 Å². The number of benzene rings is 1. The first-order valence-electron chi connectivity index (χ1n) is 6.23. The minimum atomic E-state index is -4.42. The molecule has 1 fully saturated rings. The predicted molar refractivity (Wildman–Crippen MR) is 72.4 cm³/mol. The molecule has 1 saturated heterocycles. The number of hydrogen-bond donors (Lipinski definition) is 0. The Morgan fingerprint density at radius 2 is 2.14 bits per heavy atom. The minimum absolute atomic E-state index is 0.0269. The lowest BCUT2D eigenvalue weighted by atomic mass is 10.2. The van der Waals surface area contributed by atoms with E-state index in [2.05, 4.69) is 4.98 Å². The molecule has 3 rings (SSSR count). The third-order valence-electron chi connectivity index (χ3n) is 3.16. The molecule has 21 heavy (non-hydrogen) atoms. The summed E-state index contributed by atoms with van der Waals surface area (Å²) in [5, 5.41) is 0.519. The molecule has 0 bridgehead atoms. The Balaban J connectivity index is 1.85. The molecule has 1 aliphatic rings. The van der Waals surface area contributed by atoms with Crippen LogP contribution >= 0.6 is 11.3 Å². The highest BCUT2D eigenvalue weighted by atomic mass is 32.1. The van der Waals surface area contributed by atoms with Crippen molar-refractivity contribution in [3.8, 4) is 0 Å². The molecule has 0 spiro atoms. The Morgan fingerprint density at radius 1 is 1.43 bits per heavy atom. The molecule has 0 unspecified atom stereocenters. The molecule has 2 aromatic rings. The SMILES string of the molecule is CC(=O)OC1CN(c2nc3c(C(F)(F)F)cccc3s2)C1. The monoisotopic (exact) mass is 316 g/mol. The summed E-state index contributed by atoms with van der Waals surface area (Å²) >= 11 is 1.21. The average molecular weight is 316 g/mol. The summed E-state index contributed by atoms with van der Waals surface area (Å²) in [5.41, 5.74) is -0.750. The first-order chi connectivity index (χ1) is 9.84. The maximum Gasteiger partial charge on any atom is 0.418 e. The number of alkyl halides is 3. The fraction of sp³-hybridized carbons (Fsp3) is 0.385. The lowest BCUT2D eigenvalue weighted by Gasteiger charge is -2.37. The second-order valence-corrected chi connectivity index (χ2v) is 5.79. The van der Waals surface area contributed by atoms with Crippen molar-refractivity contribution in [3.05, 3.63) is 23.8 Å². The zero-order valence-electron chi connectivity index (χ0n) is 11.0. The van der Waals surface area contributed by atoms with E-state index in [1.54, 1.807) is 11.0 Å². The van der Waals surface area contributed by atoms with Crippen LogP contribution in [0.15, 0.2) is 18.2 Å². The number of carbonyl (C=O) groups excluding carboxylic acids is 1. The van der Waals surface area contributed by atoms with Crippen LogP contribution in [0, 0.1) is 0 Å². The van der Waals surface area contributed by atoms with Gasteiger partial charge in [-0.1, -0.05) is 17.4 Å². The molecule has 0 aliphatic carbocycles. The Labute approximate surface area is 122 Å². The van der Waals surface area contributed by atoms with Gasteiger partial charge in [0.05, 0.1) is 28.9 Å². The van der Waals surface area contributed by atoms with E-state index in [0.717, 1.165) is 6.07 Å². The lowest BCUT2D eigenvalue weighted by molar-refractivity contribution is -0.147. The van der Waals surface area contributed by atoms with E-state index >= 15 is 0 Å². The summed E-state index contributed by atoms with van der Waals surface area (Å²) in [6, 6.07) is 4.03. The second kappa shape index (κ2) is 4.87. The van der Waals surface area contributed by atoms with Crippen molar-refractivity contribution in [1.29, 1.82) is 0 Å². The van der Waals surface area contributed by atoms with E-state index in [0.29, 0.717) is 22.9 Å². The van der Waals surface area contributed by atoms with E-state index in [1.165, 1.54) is 24.3 Å². The zero-order valence-corrected chi connectivity index (χ0v) is 11.8. The van der Waals surface area contributed by atoms with Crippen LogP contribution in [-0.2, 0) is 15.7 Å². The predicted octanol–water partition coefficient (Wildman–Crippen LogP) is 3.07. The number of anilines is 1. The van der Waals surface area contributed by atoms with Crippen molar-refractivity contribution in [1.82, 2.24) is 4.98 Å². The lowest BCUT2D eigenvalue weighted by Crippen LogP contribution is -2.52. The Kier molecular flexibility index (Phi) is 3.27. The van der Waals surface area contributed by atoms with Gasteiger partial charge in [-0.15, -0.1) is 0 Å². The second-order valence-electron chi connectivity index (χ2n) is 4.78. The summed E-state index contributed by atoms with van der Waals surface area (Å²) in [6.45, 7) is 2.25. The van der Waals surface area contributed by atoms with Gasteiger partial charge in [0.2, 0.25) is 0 Å². The number of aromatic nitrogens is 1. The van der Waals surface area contributed by atoms with Gasteiger partial charge < -0.3 is 9.64 Å². The number of rotatable bonds is 2. The number of para-hydroxylation sites is 1. The van der Waals surface area contributed by atoms with Crippen molar-refractivity contribution in [2.75, 3.05) is 18.0 Å². The molecule has 4 nitrogen and oxygen atoms in total. The topological polar surface area (TPSA) is 42.4 Å². The van der Waals surface area contributed by atoms with E-state index < -0.39 is 11.7 Å². The zero-order chi connectivity index (χ0) is 15.2.